The molecule has 2 N–H and O–H groups in total. The van der Waals surface area contributed by atoms with E-state index in [-0.39, 0.29) is 5.41 Å². The number of nitrogens with zero attached hydrogens (tertiary/aromatic N) is 2. The van der Waals surface area contributed by atoms with Gasteiger partial charge in [0.1, 0.15) is 0 Å². The molecule has 1 heterocycles. The number of guanidine groups is 1. The molecule has 4 nitrogen and oxygen atoms in total. The molecule has 0 aliphatic carbocycles. The summed E-state index contributed by atoms with van der Waals surface area (Å²) in [5.41, 5.74) is 1.42. The largest absolute Gasteiger partial charge is 0.356 e. The van der Waals surface area contributed by atoms with Gasteiger partial charge in [-0.25, -0.2) is 0 Å². The molecule has 0 saturated carbocycles. The normalized spacial score (nSPS) is 17.5. The van der Waals surface area contributed by atoms with E-state index in [9.17, 15) is 0 Å². The molecule has 0 spiro atoms. The highest BCUT2D eigenvalue weighted by atomic mass is 15.2. The Labute approximate surface area is 154 Å². The standard InChI is InChI=1S/C21H36N4/c1-5-25-15-12-18(13-16-25)11-14-23-20(22-4)24-17-21(2,3)19-9-7-6-8-10-19/h6-10,18H,5,11-17H2,1-4H3,(H2,22,23,24). The smallest absolute Gasteiger partial charge is 0.191 e. The molecule has 0 radical (unpaired) electrons. The predicted octanol–water partition coefficient (Wildman–Crippen LogP) is 3.25. The number of hydrogen-bond acceptors (Lipinski definition) is 2. The van der Waals surface area contributed by atoms with Gasteiger partial charge in [-0.3, -0.25) is 4.99 Å². The van der Waals surface area contributed by atoms with E-state index in [1.807, 2.05) is 7.05 Å². The van der Waals surface area contributed by atoms with E-state index < -0.39 is 0 Å². The van der Waals surface area contributed by atoms with Crippen molar-refractivity contribution in [2.75, 3.05) is 39.8 Å². The van der Waals surface area contributed by atoms with Gasteiger partial charge in [0.15, 0.2) is 5.96 Å². The summed E-state index contributed by atoms with van der Waals surface area (Å²) in [4.78, 5) is 6.93. The van der Waals surface area contributed by atoms with Gasteiger partial charge in [-0.2, -0.15) is 0 Å². The van der Waals surface area contributed by atoms with Crippen LogP contribution in [-0.2, 0) is 5.41 Å². The van der Waals surface area contributed by atoms with E-state index in [4.69, 9.17) is 0 Å². The fourth-order valence-electron chi connectivity index (χ4n) is 3.50. The van der Waals surface area contributed by atoms with Crippen molar-refractivity contribution in [1.82, 2.24) is 15.5 Å². The zero-order chi connectivity index (χ0) is 18.1. The molecule has 1 fully saturated rings. The van der Waals surface area contributed by atoms with Crippen LogP contribution in [0.2, 0.25) is 0 Å². The first-order valence-corrected chi connectivity index (χ1v) is 9.77. The Morgan fingerprint density at radius 1 is 1.16 bits per heavy atom. The average Bonchev–Trinajstić information content (AvgIpc) is 2.65. The Bertz CT molecular complexity index is 516. The number of hydrogen-bond donors (Lipinski definition) is 2. The van der Waals surface area contributed by atoms with Crippen LogP contribution in [0.25, 0.3) is 0 Å². The minimum absolute atomic E-state index is 0.0753. The molecular weight excluding hydrogens is 308 g/mol. The molecule has 1 aromatic carbocycles. The second-order valence-corrected chi connectivity index (χ2v) is 7.77. The van der Waals surface area contributed by atoms with Crippen LogP contribution in [0.4, 0.5) is 0 Å². The highest BCUT2D eigenvalue weighted by Gasteiger charge is 2.21. The Balaban J connectivity index is 1.70. The summed E-state index contributed by atoms with van der Waals surface area (Å²) in [5, 5.41) is 6.98. The summed E-state index contributed by atoms with van der Waals surface area (Å²) in [6.45, 7) is 12.4. The van der Waals surface area contributed by atoms with E-state index in [1.165, 1.54) is 44.5 Å². The van der Waals surface area contributed by atoms with Crippen LogP contribution >= 0.6 is 0 Å². The lowest BCUT2D eigenvalue weighted by Crippen LogP contribution is -2.44. The molecule has 0 unspecified atom stereocenters. The molecule has 0 amide bonds. The number of piperidine rings is 1. The number of rotatable bonds is 7. The molecule has 2 rings (SSSR count). The van der Waals surface area contributed by atoms with E-state index in [0.717, 1.165) is 25.0 Å². The van der Waals surface area contributed by atoms with Crippen LogP contribution in [0.3, 0.4) is 0 Å². The lowest BCUT2D eigenvalue weighted by atomic mass is 9.85. The summed E-state index contributed by atoms with van der Waals surface area (Å²) in [6, 6.07) is 10.7. The van der Waals surface area contributed by atoms with Crippen molar-refractivity contribution in [2.45, 2.75) is 45.4 Å². The Morgan fingerprint density at radius 3 is 2.44 bits per heavy atom. The lowest BCUT2D eigenvalue weighted by Gasteiger charge is -2.31. The van der Waals surface area contributed by atoms with Crippen molar-refractivity contribution in [3.63, 3.8) is 0 Å². The second-order valence-electron chi connectivity index (χ2n) is 7.77. The Hall–Kier alpha value is -1.55. The number of aliphatic imine (C=N–C) groups is 1. The second kappa shape index (κ2) is 9.81. The average molecular weight is 345 g/mol. The van der Waals surface area contributed by atoms with Crippen molar-refractivity contribution < 1.29 is 0 Å². The van der Waals surface area contributed by atoms with Gasteiger partial charge >= 0.3 is 0 Å². The summed E-state index contributed by atoms with van der Waals surface area (Å²) in [7, 11) is 1.85. The molecule has 0 atom stereocenters. The fraction of sp³-hybridized carbons (Fsp3) is 0.667. The van der Waals surface area contributed by atoms with Gasteiger partial charge in [-0.05, 0) is 50.4 Å². The van der Waals surface area contributed by atoms with Gasteiger partial charge in [0.25, 0.3) is 0 Å². The summed E-state index contributed by atoms with van der Waals surface area (Å²) in [6.07, 6.45) is 3.91. The number of nitrogens with one attached hydrogen (secondary N) is 2. The number of likely N-dealkylation sites (tertiary alicyclic amines) is 1. The van der Waals surface area contributed by atoms with Crippen molar-refractivity contribution >= 4 is 5.96 Å². The van der Waals surface area contributed by atoms with E-state index in [0.29, 0.717) is 0 Å². The molecule has 1 saturated heterocycles. The molecule has 1 aliphatic heterocycles. The van der Waals surface area contributed by atoms with Gasteiger partial charge in [-0.1, -0.05) is 51.1 Å². The summed E-state index contributed by atoms with van der Waals surface area (Å²) < 4.78 is 0. The quantitative estimate of drug-likeness (QED) is 0.589. The van der Waals surface area contributed by atoms with E-state index >= 15 is 0 Å². The minimum Gasteiger partial charge on any atom is -0.356 e. The van der Waals surface area contributed by atoms with Crippen LogP contribution in [0.15, 0.2) is 35.3 Å². The molecule has 0 bridgehead atoms. The molecule has 140 valence electrons. The highest BCUT2D eigenvalue weighted by Crippen LogP contribution is 2.22. The van der Waals surface area contributed by atoms with Crippen molar-refractivity contribution in [3.05, 3.63) is 35.9 Å². The van der Waals surface area contributed by atoms with Crippen LogP contribution < -0.4 is 10.6 Å². The van der Waals surface area contributed by atoms with Crippen molar-refractivity contribution in [2.24, 2.45) is 10.9 Å². The van der Waals surface area contributed by atoms with Gasteiger partial charge in [0, 0.05) is 25.6 Å². The van der Waals surface area contributed by atoms with Gasteiger partial charge < -0.3 is 15.5 Å². The zero-order valence-electron chi connectivity index (χ0n) is 16.5. The van der Waals surface area contributed by atoms with Crippen molar-refractivity contribution in [3.8, 4) is 0 Å². The summed E-state index contributed by atoms with van der Waals surface area (Å²) in [5.74, 6) is 1.77. The lowest BCUT2D eigenvalue weighted by molar-refractivity contribution is 0.187. The van der Waals surface area contributed by atoms with Crippen molar-refractivity contribution in [1.29, 1.82) is 0 Å². The SMILES string of the molecule is CCN1CCC(CCNC(=NC)NCC(C)(C)c2ccccc2)CC1. The van der Waals surface area contributed by atoms with Gasteiger partial charge in [0.05, 0.1) is 0 Å². The molecule has 0 aromatic heterocycles. The summed E-state index contributed by atoms with van der Waals surface area (Å²) >= 11 is 0. The van der Waals surface area contributed by atoms with Crippen LogP contribution in [0, 0.1) is 5.92 Å². The number of benzene rings is 1. The topological polar surface area (TPSA) is 39.7 Å². The molecule has 1 aliphatic rings. The minimum atomic E-state index is 0.0753. The van der Waals surface area contributed by atoms with E-state index in [2.05, 4.69) is 71.6 Å². The molecule has 25 heavy (non-hydrogen) atoms. The maximum absolute atomic E-state index is 4.38. The van der Waals surface area contributed by atoms with Gasteiger partial charge in [0.2, 0.25) is 0 Å². The van der Waals surface area contributed by atoms with Gasteiger partial charge in [-0.15, -0.1) is 0 Å². The molecule has 1 aromatic rings. The third kappa shape index (κ3) is 6.35. The molecular formula is C21H36N4. The maximum Gasteiger partial charge on any atom is 0.191 e. The fourth-order valence-corrected chi connectivity index (χ4v) is 3.50. The third-order valence-corrected chi connectivity index (χ3v) is 5.48. The highest BCUT2D eigenvalue weighted by molar-refractivity contribution is 5.79. The predicted molar refractivity (Wildman–Crippen MR) is 108 cm³/mol. The van der Waals surface area contributed by atoms with Crippen LogP contribution in [-0.4, -0.2) is 50.6 Å². The van der Waals surface area contributed by atoms with Crippen LogP contribution in [0.1, 0.15) is 45.6 Å². The molecule has 4 heteroatoms. The first-order chi connectivity index (χ1) is 12.0. The van der Waals surface area contributed by atoms with Crippen LogP contribution in [0.5, 0.6) is 0 Å². The monoisotopic (exact) mass is 344 g/mol. The first-order valence-electron chi connectivity index (χ1n) is 9.77. The zero-order valence-corrected chi connectivity index (χ0v) is 16.5. The Morgan fingerprint density at radius 2 is 1.84 bits per heavy atom. The Kier molecular flexibility index (Phi) is 7.76. The third-order valence-electron chi connectivity index (χ3n) is 5.48. The van der Waals surface area contributed by atoms with E-state index in [1.54, 1.807) is 0 Å². The first kappa shape index (κ1) is 19.8. The maximum atomic E-state index is 4.38.